The quantitative estimate of drug-likeness (QED) is 0.295. The van der Waals surface area contributed by atoms with Crippen molar-refractivity contribution in [1.82, 2.24) is 4.57 Å². The molecule has 0 unspecified atom stereocenters. The molecule has 0 atom stereocenters. The Balaban J connectivity index is 1.53. The third kappa shape index (κ3) is 3.55. The van der Waals surface area contributed by atoms with Gasteiger partial charge in [0, 0.05) is 24.6 Å². The van der Waals surface area contributed by atoms with E-state index < -0.39 is 10.8 Å². The maximum atomic E-state index is 12.1. The molecule has 30 heavy (non-hydrogen) atoms. The van der Waals surface area contributed by atoms with Gasteiger partial charge in [0.25, 0.3) is 5.69 Å². The molecule has 4 rings (SSSR count). The first-order valence-electron chi connectivity index (χ1n) is 8.96. The highest BCUT2D eigenvalue weighted by molar-refractivity contribution is 5.96. The van der Waals surface area contributed by atoms with Gasteiger partial charge in [-0.2, -0.15) is 0 Å². The minimum atomic E-state index is -0.662. The van der Waals surface area contributed by atoms with Crippen molar-refractivity contribution in [3.05, 3.63) is 70.8 Å². The number of non-ortho nitro benzene ring substituents is 1. The van der Waals surface area contributed by atoms with E-state index >= 15 is 0 Å². The summed E-state index contributed by atoms with van der Waals surface area (Å²) in [5.41, 5.74) is 0.345. The van der Waals surface area contributed by atoms with Crippen molar-refractivity contribution in [3.63, 3.8) is 0 Å². The van der Waals surface area contributed by atoms with Crippen LogP contribution in [-0.4, -0.2) is 27.1 Å². The van der Waals surface area contributed by atoms with Crippen molar-refractivity contribution >= 4 is 39.0 Å². The van der Waals surface area contributed by atoms with Crippen LogP contribution in [0.15, 0.2) is 70.9 Å². The molecule has 0 saturated heterocycles. The van der Waals surface area contributed by atoms with E-state index in [0.29, 0.717) is 16.7 Å². The SMILES string of the molecule is Cn1c(O)c(N=NC(=O)COc2ccc3ccccc3c2)c2cc([N+](=O)[O-])ccc21. The first kappa shape index (κ1) is 19.1. The molecule has 0 spiro atoms. The van der Waals surface area contributed by atoms with Crippen molar-refractivity contribution in [1.29, 1.82) is 0 Å². The summed E-state index contributed by atoms with van der Waals surface area (Å²) >= 11 is 0. The molecule has 0 radical (unpaired) electrons. The number of fused-ring (bicyclic) bond motifs is 2. The van der Waals surface area contributed by atoms with E-state index in [-0.39, 0.29) is 23.9 Å². The number of carbonyl (C=O) groups is 1. The summed E-state index contributed by atoms with van der Waals surface area (Å²) in [5, 5.41) is 31.1. The number of carbonyl (C=O) groups excluding carboxylic acids is 1. The van der Waals surface area contributed by atoms with Crippen LogP contribution in [0.3, 0.4) is 0 Å². The molecule has 1 amide bonds. The highest BCUT2D eigenvalue weighted by Crippen LogP contribution is 2.39. The Morgan fingerprint density at radius 3 is 2.67 bits per heavy atom. The molecule has 3 aromatic carbocycles. The Morgan fingerprint density at radius 2 is 1.90 bits per heavy atom. The van der Waals surface area contributed by atoms with Gasteiger partial charge in [0.05, 0.1) is 10.4 Å². The number of hydrogen-bond donors (Lipinski definition) is 1. The van der Waals surface area contributed by atoms with Crippen LogP contribution in [0.4, 0.5) is 11.4 Å². The largest absolute Gasteiger partial charge is 0.493 e. The van der Waals surface area contributed by atoms with Crippen LogP contribution in [0.1, 0.15) is 0 Å². The predicted molar refractivity (Wildman–Crippen MR) is 110 cm³/mol. The molecule has 0 saturated carbocycles. The molecular weight excluding hydrogens is 388 g/mol. The van der Waals surface area contributed by atoms with Crippen LogP contribution < -0.4 is 4.74 Å². The Hall–Kier alpha value is -4.27. The average Bonchev–Trinajstić information content (AvgIpc) is 3.00. The molecule has 4 aromatic rings. The molecule has 150 valence electrons. The minimum absolute atomic E-state index is 0.0183. The predicted octanol–water partition coefficient (Wildman–Crippen LogP) is 4.63. The topological polar surface area (TPSA) is 119 Å². The fourth-order valence-corrected chi connectivity index (χ4v) is 3.15. The Morgan fingerprint density at radius 1 is 1.13 bits per heavy atom. The van der Waals surface area contributed by atoms with Crippen LogP contribution in [0.2, 0.25) is 0 Å². The number of aromatic hydroxyl groups is 1. The van der Waals surface area contributed by atoms with Gasteiger partial charge in [-0.15, -0.1) is 10.2 Å². The number of ether oxygens (including phenoxy) is 1. The number of aryl methyl sites for hydroxylation is 1. The third-order valence-corrected chi connectivity index (χ3v) is 4.68. The van der Waals surface area contributed by atoms with E-state index in [2.05, 4.69) is 10.2 Å². The minimum Gasteiger partial charge on any atom is -0.493 e. The molecule has 1 aromatic heterocycles. The van der Waals surface area contributed by atoms with Gasteiger partial charge >= 0.3 is 5.91 Å². The number of nitro benzene ring substituents is 1. The first-order chi connectivity index (χ1) is 14.4. The molecule has 9 heteroatoms. The van der Waals surface area contributed by atoms with Gasteiger partial charge in [-0.05, 0) is 29.0 Å². The molecule has 0 fully saturated rings. The summed E-state index contributed by atoms with van der Waals surface area (Å²) in [4.78, 5) is 22.6. The van der Waals surface area contributed by atoms with Crippen LogP contribution >= 0.6 is 0 Å². The summed E-state index contributed by atoms with van der Waals surface area (Å²) in [6.07, 6.45) is 0. The van der Waals surface area contributed by atoms with Gasteiger partial charge in [0.15, 0.2) is 12.3 Å². The lowest BCUT2D eigenvalue weighted by molar-refractivity contribution is -0.384. The summed E-state index contributed by atoms with van der Waals surface area (Å²) < 4.78 is 6.88. The number of amides is 1. The summed E-state index contributed by atoms with van der Waals surface area (Å²) in [7, 11) is 1.58. The Kier molecular flexibility index (Phi) is 4.85. The van der Waals surface area contributed by atoms with E-state index in [0.717, 1.165) is 10.8 Å². The molecule has 0 aliphatic carbocycles. The molecule has 1 N–H and O–H groups in total. The lowest BCUT2D eigenvalue weighted by Crippen LogP contribution is -2.07. The van der Waals surface area contributed by atoms with Gasteiger partial charge in [-0.1, -0.05) is 30.3 Å². The van der Waals surface area contributed by atoms with Crippen LogP contribution in [0.25, 0.3) is 21.7 Å². The molecule has 0 aliphatic rings. The van der Waals surface area contributed by atoms with Gasteiger partial charge in [0.2, 0.25) is 5.88 Å². The number of nitrogens with zero attached hydrogens (tertiary/aromatic N) is 4. The lowest BCUT2D eigenvalue weighted by Gasteiger charge is -2.04. The highest BCUT2D eigenvalue weighted by atomic mass is 16.6. The van der Waals surface area contributed by atoms with Crippen LogP contribution in [0, 0.1) is 10.1 Å². The highest BCUT2D eigenvalue weighted by Gasteiger charge is 2.18. The zero-order valence-corrected chi connectivity index (χ0v) is 15.8. The molecular formula is C21H16N4O5. The molecule has 1 heterocycles. The van der Waals surface area contributed by atoms with Crippen molar-refractivity contribution in [2.75, 3.05) is 6.61 Å². The second kappa shape index (κ2) is 7.63. The van der Waals surface area contributed by atoms with E-state index in [1.165, 1.54) is 22.8 Å². The Bertz CT molecular complexity index is 1330. The number of azo groups is 1. The van der Waals surface area contributed by atoms with Gasteiger partial charge in [0.1, 0.15) is 5.75 Å². The number of aromatic nitrogens is 1. The van der Waals surface area contributed by atoms with Crippen molar-refractivity contribution in [2.24, 2.45) is 17.3 Å². The normalized spacial score (nSPS) is 11.4. The lowest BCUT2D eigenvalue weighted by atomic mass is 10.1. The van der Waals surface area contributed by atoms with Crippen molar-refractivity contribution in [2.45, 2.75) is 0 Å². The van der Waals surface area contributed by atoms with Gasteiger partial charge < -0.3 is 14.4 Å². The summed E-state index contributed by atoms with van der Waals surface area (Å²) in [6.45, 7) is -0.340. The smallest absolute Gasteiger partial charge is 0.302 e. The number of hydrogen-bond acceptors (Lipinski definition) is 6. The fraction of sp³-hybridized carbons (Fsp3) is 0.0952. The monoisotopic (exact) mass is 404 g/mol. The first-order valence-corrected chi connectivity index (χ1v) is 8.96. The van der Waals surface area contributed by atoms with E-state index in [1.54, 1.807) is 13.1 Å². The van der Waals surface area contributed by atoms with Crippen molar-refractivity contribution in [3.8, 4) is 11.6 Å². The second-order valence-electron chi connectivity index (χ2n) is 6.58. The van der Waals surface area contributed by atoms with E-state index in [1.807, 2.05) is 36.4 Å². The number of rotatable bonds is 5. The molecule has 0 bridgehead atoms. The Labute approximate surface area is 170 Å². The maximum Gasteiger partial charge on any atom is 0.302 e. The van der Waals surface area contributed by atoms with Crippen LogP contribution in [-0.2, 0) is 11.8 Å². The summed E-state index contributed by atoms with van der Waals surface area (Å²) in [6, 6.07) is 17.3. The molecule has 0 aliphatic heterocycles. The van der Waals surface area contributed by atoms with Gasteiger partial charge in [-0.25, -0.2) is 0 Å². The number of nitro groups is 1. The average molecular weight is 404 g/mol. The van der Waals surface area contributed by atoms with E-state index in [4.69, 9.17) is 4.74 Å². The second-order valence-corrected chi connectivity index (χ2v) is 6.58. The zero-order valence-electron chi connectivity index (χ0n) is 15.8. The van der Waals surface area contributed by atoms with Crippen LogP contribution in [0.5, 0.6) is 11.6 Å². The third-order valence-electron chi connectivity index (χ3n) is 4.68. The fourth-order valence-electron chi connectivity index (χ4n) is 3.15. The zero-order chi connectivity index (χ0) is 21.3. The summed E-state index contributed by atoms with van der Waals surface area (Å²) in [5.74, 6) is -0.400. The number of benzene rings is 3. The standard InChI is InChI=1S/C21H16N4O5/c1-24-18-9-7-15(25(28)29)11-17(18)20(21(24)27)23-22-19(26)12-30-16-8-6-13-4-2-3-5-14(13)10-16/h2-11,27H,12H2,1H3. The molecule has 9 nitrogen and oxygen atoms in total. The van der Waals surface area contributed by atoms with Crippen molar-refractivity contribution < 1.29 is 19.6 Å². The van der Waals surface area contributed by atoms with Gasteiger partial charge in [-0.3, -0.25) is 14.9 Å². The maximum absolute atomic E-state index is 12.1. The van der Waals surface area contributed by atoms with E-state index in [9.17, 15) is 20.0 Å².